The fraction of sp³-hybridized carbons (Fsp3) is 0.400. The smallest absolute Gasteiger partial charge is 0.208 e. The molecule has 0 radical (unpaired) electrons. The van der Waals surface area contributed by atoms with Crippen LogP contribution in [0, 0.1) is 11.8 Å². The minimum absolute atomic E-state index is 0.619. The zero-order valence-electron chi connectivity index (χ0n) is 7.18. The molecule has 2 bridgehead atoms. The molecular weight excluding hydrogens is 180 g/mol. The second-order valence-electron chi connectivity index (χ2n) is 3.61. The number of hydrogen-bond donors (Lipinski definition) is 0. The van der Waals surface area contributed by atoms with Crippen LogP contribution in [0.3, 0.4) is 0 Å². The number of hydrogen-bond acceptors (Lipinski definition) is 3. The summed E-state index contributed by atoms with van der Waals surface area (Å²) in [5.41, 5.74) is 1.34. The summed E-state index contributed by atoms with van der Waals surface area (Å²) in [6.07, 6.45) is 8.87. The van der Waals surface area contributed by atoms with Crippen molar-refractivity contribution in [2.75, 3.05) is 0 Å². The summed E-state index contributed by atoms with van der Waals surface area (Å²) >= 11 is 1.61. The lowest BCUT2D eigenvalue weighted by Crippen LogP contribution is -2.04. The average molecular weight is 190 g/mol. The molecule has 0 saturated heterocycles. The highest BCUT2D eigenvalue weighted by atomic mass is 32.1. The van der Waals surface area contributed by atoms with Gasteiger partial charge in [0.15, 0.2) is 0 Å². The van der Waals surface area contributed by atoms with Gasteiger partial charge in [0.2, 0.25) is 5.13 Å². The van der Waals surface area contributed by atoms with Gasteiger partial charge in [0.05, 0.1) is 0 Å². The van der Waals surface area contributed by atoms with Gasteiger partial charge in [0.25, 0.3) is 0 Å². The largest absolute Gasteiger partial charge is 0.228 e. The summed E-state index contributed by atoms with van der Waals surface area (Å²) in [6.45, 7) is 0. The Morgan fingerprint density at radius 3 is 3.08 bits per heavy atom. The molecule has 13 heavy (non-hydrogen) atoms. The SMILES string of the molecule is C1=CC2CC1CC2=Nc1nccs1. The number of rotatable bonds is 1. The fourth-order valence-corrected chi connectivity index (χ4v) is 2.65. The van der Waals surface area contributed by atoms with Crippen LogP contribution in [0.25, 0.3) is 0 Å². The van der Waals surface area contributed by atoms with E-state index in [1.807, 2.05) is 11.6 Å². The first-order valence-corrected chi connectivity index (χ1v) is 5.45. The Bertz CT molecular complexity index is 364. The minimum atomic E-state index is 0.619. The van der Waals surface area contributed by atoms with E-state index in [-0.39, 0.29) is 0 Å². The van der Waals surface area contributed by atoms with Crippen molar-refractivity contribution < 1.29 is 0 Å². The summed E-state index contributed by atoms with van der Waals surface area (Å²) in [5.74, 6) is 1.39. The second kappa shape index (κ2) is 2.77. The summed E-state index contributed by atoms with van der Waals surface area (Å²) in [7, 11) is 0. The Hall–Kier alpha value is -0.960. The van der Waals surface area contributed by atoms with Crippen LogP contribution in [0.4, 0.5) is 5.13 Å². The van der Waals surface area contributed by atoms with E-state index in [9.17, 15) is 0 Å². The van der Waals surface area contributed by atoms with E-state index in [4.69, 9.17) is 0 Å². The lowest BCUT2D eigenvalue weighted by molar-refractivity contribution is 0.693. The maximum absolute atomic E-state index is 4.57. The summed E-state index contributed by atoms with van der Waals surface area (Å²) in [6, 6.07) is 0. The van der Waals surface area contributed by atoms with Gasteiger partial charge in [-0.15, -0.1) is 11.3 Å². The van der Waals surface area contributed by atoms with E-state index in [2.05, 4.69) is 22.1 Å². The zero-order chi connectivity index (χ0) is 8.67. The molecule has 0 amide bonds. The highest BCUT2D eigenvalue weighted by Gasteiger charge is 2.32. The summed E-state index contributed by atoms with van der Waals surface area (Å²) in [4.78, 5) is 8.74. The van der Waals surface area contributed by atoms with Crippen molar-refractivity contribution in [2.45, 2.75) is 12.8 Å². The first kappa shape index (κ1) is 7.44. The molecule has 0 aliphatic heterocycles. The predicted molar refractivity (Wildman–Crippen MR) is 54.6 cm³/mol. The van der Waals surface area contributed by atoms with Crippen LogP contribution in [-0.2, 0) is 0 Å². The van der Waals surface area contributed by atoms with E-state index in [1.54, 1.807) is 11.3 Å². The summed E-state index contributed by atoms with van der Waals surface area (Å²) in [5, 5.41) is 2.89. The Morgan fingerprint density at radius 2 is 2.46 bits per heavy atom. The van der Waals surface area contributed by atoms with E-state index in [0.717, 1.165) is 17.5 Å². The molecule has 66 valence electrons. The first-order chi connectivity index (χ1) is 6.42. The maximum atomic E-state index is 4.57. The van der Waals surface area contributed by atoms with Crippen LogP contribution in [0.1, 0.15) is 12.8 Å². The van der Waals surface area contributed by atoms with E-state index in [1.165, 1.54) is 12.1 Å². The number of allylic oxidation sites excluding steroid dienone is 2. The van der Waals surface area contributed by atoms with Gasteiger partial charge in [-0.1, -0.05) is 12.2 Å². The quantitative estimate of drug-likeness (QED) is 0.625. The zero-order valence-corrected chi connectivity index (χ0v) is 8.00. The molecule has 1 saturated carbocycles. The standard InChI is InChI=1S/C10H10N2S/c1-2-8-5-7(1)6-9(8)12-10-11-3-4-13-10/h1-4,7-8H,5-6H2. The van der Waals surface area contributed by atoms with Crippen molar-refractivity contribution in [2.24, 2.45) is 16.8 Å². The Balaban J connectivity index is 1.91. The molecule has 2 aliphatic carbocycles. The summed E-state index contributed by atoms with van der Waals surface area (Å²) < 4.78 is 0. The number of thiazole rings is 1. The van der Waals surface area contributed by atoms with Crippen molar-refractivity contribution in [3.63, 3.8) is 0 Å². The maximum Gasteiger partial charge on any atom is 0.208 e. The molecule has 2 nitrogen and oxygen atoms in total. The number of fused-ring (bicyclic) bond motifs is 2. The van der Waals surface area contributed by atoms with Crippen LogP contribution < -0.4 is 0 Å². The van der Waals surface area contributed by atoms with Gasteiger partial charge in [-0.05, 0) is 18.8 Å². The van der Waals surface area contributed by atoms with Crippen molar-refractivity contribution in [1.29, 1.82) is 0 Å². The van der Waals surface area contributed by atoms with Crippen molar-refractivity contribution in [1.82, 2.24) is 4.98 Å². The molecule has 1 aromatic rings. The molecule has 1 heterocycles. The highest BCUT2D eigenvalue weighted by Crippen LogP contribution is 2.38. The van der Waals surface area contributed by atoms with Crippen molar-refractivity contribution in [3.8, 4) is 0 Å². The average Bonchev–Trinajstić information content (AvgIpc) is 2.77. The molecule has 3 rings (SSSR count). The van der Waals surface area contributed by atoms with Crippen molar-refractivity contribution in [3.05, 3.63) is 23.7 Å². The van der Waals surface area contributed by atoms with Gasteiger partial charge < -0.3 is 0 Å². The molecule has 0 spiro atoms. The molecule has 2 atom stereocenters. The number of aliphatic imine (C=N–C) groups is 1. The number of nitrogens with zero attached hydrogens (tertiary/aromatic N) is 2. The highest BCUT2D eigenvalue weighted by molar-refractivity contribution is 7.13. The third-order valence-electron chi connectivity index (χ3n) is 2.73. The first-order valence-electron chi connectivity index (χ1n) is 4.57. The molecule has 1 aromatic heterocycles. The van der Waals surface area contributed by atoms with E-state index < -0.39 is 0 Å². The van der Waals surface area contributed by atoms with Crippen LogP contribution in [0.15, 0.2) is 28.7 Å². The monoisotopic (exact) mass is 190 g/mol. The van der Waals surface area contributed by atoms with Crippen LogP contribution in [0.2, 0.25) is 0 Å². The number of aromatic nitrogens is 1. The molecule has 2 unspecified atom stereocenters. The van der Waals surface area contributed by atoms with Gasteiger partial charge >= 0.3 is 0 Å². The van der Waals surface area contributed by atoms with Gasteiger partial charge in [-0.25, -0.2) is 9.98 Å². The van der Waals surface area contributed by atoms with Gasteiger partial charge in [-0.3, -0.25) is 0 Å². The Kier molecular flexibility index (Phi) is 1.59. The third-order valence-corrected chi connectivity index (χ3v) is 3.40. The predicted octanol–water partition coefficient (Wildman–Crippen LogP) is 2.81. The topological polar surface area (TPSA) is 25.2 Å². The van der Waals surface area contributed by atoms with Crippen LogP contribution in [-0.4, -0.2) is 10.7 Å². The van der Waals surface area contributed by atoms with Gasteiger partial charge in [0, 0.05) is 23.2 Å². The molecule has 0 N–H and O–H groups in total. The van der Waals surface area contributed by atoms with Crippen molar-refractivity contribution >= 4 is 22.2 Å². The minimum Gasteiger partial charge on any atom is -0.228 e. The van der Waals surface area contributed by atoms with E-state index >= 15 is 0 Å². The third kappa shape index (κ3) is 1.23. The molecule has 1 fully saturated rings. The lowest BCUT2D eigenvalue weighted by Gasteiger charge is -2.04. The van der Waals surface area contributed by atoms with Gasteiger partial charge in [0.1, 0.15) is 0 Å². The van der Waals surface area contributed by atoms with Crippen LogP contribution >= 0.6 is 11.3 Å². The van der Waals surface area contributed by atoms with Gasteiger partial charge in [-0.2, -0.15) is 0 Å². The molecule has 2 aliphatic rings. The normalized spacial score (nSPS) is 33.4. The van der Waals surface area contributed by atoms with Crippen LogP contribution in [0.5, 0.6) is 0 Å². The molecule has 0 aromatic carbocycles. The second-order valence-corrected chi connectivity index (χ2v) is 4.48. The van der Waals surface area contributed by atoms with E-state index in [0.29, 0.717) is 5.92 Å². The Labute approximate surface area is 81.0 Å². The molecule has 3 heteroatoms. The lowest BCUT2D eigenvalue weighted by atomic mass is 10.1. The Morgan fingerprint density at radius 1 is 1.46 bits per heavy atom. The fourth-order valence-electron chi connectivity index (χ4n) is 2.12. The molecular formula is C10H10N2S.